The minimum Gasteiger partial charge on any atom is -0.444 e. The van der Waals surface area contributed by atoms with Gasteiger partial charge >= 0.3 is 0 Å². The first-order valence-corrected chi connectivity index (χ1v) is 9.37. The molecule has 0 unspecified atom stereocenters. The molecule has 0 saturated carbocycles. The lowest BCUT2D eigenvalue weighted by atomic mass is 10.00. The normalized spacial score (nSPS) is 11.5. The Morgan fingerprint density at radius 1 is 1.00 bits per heavy atom. The molecule has 0 amide bonds. The third-order valence-electron chi connectivity index (χ3n) is 4.55. The van der Waals surface area contributed by atoms with Gasteiger partial charge in [0, 0.05) is 11.3 Å². The van der Waals surface area contributed by atoms with Crippen LogP contribution in [-0.2, 0) is 10.0 Å². The van der Waals surface area contributed by atoms with Crippen LogP contribution in [0.25, 0.3) is 11.3 Å². The molecule has 0 spiro atoms. The Morgan fingerprint density at radius 2 is 1.76 bits per heavy atom. The minimum atomic E-state index is -3.69. The van der Waals surface area contributed by atoms with Crippen LogP contribution in [0.2, 0.25) is 0 Å². The van der Waals surface area contributed by atoms with E-state index in [0.717, 1.165) is 27.8 Å². The van der Waals surface area contributed by atoms with Crippen LogP contribution in [0, 0.1) is 27.7 Å². The van der Waals surface area contributed by atoms with Crippen molar-refractivity contribution in [1.29, 1.82) is 0 Å². The van der Waals surface area contributed by atoms with Gasteiger partial charge in [-0.25, -0.2) is 13.4 Å². The highest BCUT2D eigenvalue weighted by atomic mass is 32.2. The van der Waals surface area contributed by atoms with E-state index in [1.165, 1.54) is 6.39 Å². The molecular formula is C19H20N2O3S. The van der Waals surface area contributed by atoms with E-state index in [2.05, 4.69) is 9.71 Å². The molecule has 2 aromatic carbocycles. The molecule has 0 bridgehead atoms. The maximum atomic E-state index is 12.9. The fraction of sp³-hybridized carbons (Fsp3) is 0.211. The lowest BCUT2D eigenvalue weighted by molar-refractivity contribution is 0.572. The number of anilines is 1. The van der Waals surface area contributed by atoms with E-state index in [-0.39, 0.29) is 0 Å². The number of sulfonamides is 1. The standard InChI is InChI=1S/C19H20N2O3S/c1-12-8-19(15(4)14(3)13(12)2)25(22,23)21-17-7-5-6-16(9-17)18-10-20-11-24-18/h5-11,21H,1-4H3. The molecule has 6 heteroatoms. The van der Waals surface area contributed by atoms with Crippen molar-refractivity contribution in [3.8, 4) is 11.3 Å². The van der Waals surface area contributed by atoms with Gasteiger partial charge in [-0.2, -0.15) is 0 Å². The predicted molar refractivity (Wildman–Crippen MR) is 98.1 cm³/mol. The maximum Gasteiger partial charge on any atom is 0.262 e. The molecule has 1 N–H and O–H groups in total. The van der Waals surface area contributed by atoms with Crippen molar-refractivity contribution < 1.29 is 12.8 Å². The first-order valence-electron chi connectivity index (χ1n) is 7.89. The summed E-state index contributed by atoms with van der Waals surface area (Å²) in [6.45, 7) is 7.70. The van der Waals surface area contributed by atoms with E-state index < -0.39 is 10.0 Å². The summed E-state index contributed by atoms with van der Waals surface area (Å²) >= 11 is 0. The summed E-state index contributed by atoms with van der Waals surface area (Å²) in [4.78, 5) is 4.19. The zero-order valence-corrected chi connectivity index (χ0v) is 15.4. The van der Waals surface area contributed by atoms with Gasteiger partial charge in [-0.15, -0.1) is 0 Å². The van der Waals surface area contributed by atoms with Crippen LogP contribution in [0.1, 0.15) is 22.3 Å². The molecule has 0 fully saturated rings. The van der Waals surface area contributed by atoms with Gasteiger partial charge in [-0.05, 0) is 68.1 Å². The van der Waals surface area contributed by atoms with Crippen LogP contribution in [0.15, 0.2) is 52.2 Å². The molecule has 0 radical (unpaired) electrons. The summed E-state index contributed by atoms with van der Waals surface area (Å²) in [5, 5.41) is 0. The Hall–Kier alpha value is -2.60. The van der Waals surface area contributed by atoms with Crippen molar-refractivity contribution in [2.45, 2.75) is 32.6 Å². The number of rotatable bonds is 4. The Morgan fingerprint density at radius 3 is 2.44 bits per heavy atom. The van der Waals surface area contributed by atoms with E-state index in [4.69, 9.17) is 4.42 Å². The zero-order valence-electron chi connectivity index (χ0n) is 14.6. The molecular weight excluding hydrogens is 336 g/mol. The van der Waals surface area contributed by atoms with Crippen LogP contribution in [0.5, 0.6) is 0 Å². The average molecular weight is 356 g/mol. The molecule has 0 saturated heterocycles. The average Bonchev–Trinajstić information content (AvgIpc) is 3.10. The second kappa shape index (κ2) is 6.37. The van der Waals surface area contributed by atoms with Crippen molar-refractivity contribution in [2.75, 3.05) is 4.72 Å². The minimum absolute atomic E-state index is 0.304. The molecule has 3 rings (SSSR count). The lowest BCUT2D eigenvalue weighted by Crippen LogP contribution is -2.15. The molecule has 1 aromatic heterocycles. The van der Waals surface area contributed by atoms with Crippen molar-refractivity contribution in [3.05, 3.63) is 65.2 Å². The number of hydrogen-bond donors (Lipinski definition) is 1. The van der Waals surface area contributed by atoms with E-state index in [1.807, 2.05) is 33.8 Å². The van der Waals surface area contributed by atoms with Crippen LogP contribution in [0.3, 0.4) is 0 Å². The second-order valence-electron chi connectivity index (χ2n) is 6.12. The summed E-state index contributed by atoms with van der Waals surface area (Å²) < 4.78 is 33.7. The highest BCUT2D eigenvalue weighted by molar-refractivity contribution is 7.92. The molecule has 0 aliphatic heterocycles. The Balaban J connectivity index is 1.99. The number of oxazole rings is 1. The molecule has 0 aliphatic carbocycles. The third kappa shape index (κ3) is 3.30. The summed E-state index contributed by atoms with van der Waals surface area (Å²) in [5.41, 5.74) is 5.07. The van der Waals surface area contributed by atoms with Crippen LogP contribution in [0.4, 0.5) is 5.69 Å². The molecule has 5 nitrogen and oxygen atoms in total. The number of hydrogen-bond acceptors (Lipinski definition) is 4. The van der Waals surface area contributed by atoms with E-state index in [9.17, 15) is 8.42 Å². The van der Waals surface area contributed by atoms with Gasteiger partial charge < -0.3 is 4.42 Å². The smallest absolute Gasteiger partial charge is 0.262 e. The Kier molecular flexibility index (Phi) is 4.39. The third-order valence-corrected chi connectivity index (χ3v) is 6.06. The van der Waals surface area contributed by atoms with Crippen molar-refractivity contribution in [2.24, 2.45) is 0 Å². The molecule has 130 valence electrons. The van der Waals surface area contributed by atoms with Gasteiger partial charge in [0.25, 0.3) is 10.0 Å². The van der Waals surface area contributed by atoms with E-state index >= 15 is 0 Å². The Labute approximate surface area is 147 Å². The zero-order chi connectivity index (χ0) is 18.2. The fourth-order valence-electron chi connectivity index (χ4n) is 2.76. The van der Waals surface area contributed by atoms with Crippen molar-refractivity contribution in [1.82, 2.24) is 4.98 Å². The fourth-order valence-corrected chi connectivity index (χ4v) is 4.19. The maximum absolute atomic E-state index is 12.9. The highest BCUT2D eigenvalue weighted by Gasteiger charge is 2.20. The number of aryl methyl sites for hydroxylation is 1. The first-order chi connectivity index (χ1) is 11.8. The Bertz CT molecular complexity index is 1020. The van der Waals surface area contributed by atoms with Crippen LogP contribution in [-0.4, -0.2) is 13.4 Å². The van der Waals surface area contributed by atoms with Gasteiger partial charge in [0.2, 0.25) is 0 Å². The van der Waals surface area contributed by atoms with Gasteiger partial charge in [-0.3, -0.25) is 4.72 Å². The second-order valence-corrected chi connectivity index (χ2v) is 7.77. The molecule has 0 atom stereocenters. The van der Waals surface area contributed by atoms with Gasteiger partial charge in [0.05, 0.1) is 11.1 Å². The topological polar surface area (TPSA) is 72.2 Å². The van der Waals surface area contributed by atoms with E-state index in [1.54, 1.807) is 30.5 Å². The number of benzene rings is 2. The van der Waals surface area contributed by atoms with Gasteiger partial charge in [0.15, 0.2) is 12.2 Å². The van der Waals surface area contributed by atoms with Gasteiger partial charge in [0.1, 0.15) is 0 Å². The number of nitrogens with one attached hydrogen (secondary N) is 1. The highest BCUT2D eigenvalue weighted by Crippen LogP contribution is 2.28. The summed E-state index contributed by atoms with van der Waals surface area (Å²) in [7, 11) is -3.69. The van der Waals surface area contributed by atoms with Crippen LogP contribution >= 0.6 is 0 Å². The molecule has 1 heterocycles. The monoisotopic (exact) mass is 356 g/mol. The molecule has 0 aliphatic rings. The van der Waals surface area contributed by atoms with Gasteiger partial charge in [-0.1, -0.05) is 12.1 Å². The predicted octanol–water partition coefficient (Wildman–Crippen LogP) is 4.38. The quantitative estimate of drug-likeness (QED) is 0.753. The number of nitrogens with zero attached hydrogens (tertiary/aromatic N) is 1. The first kappa shape index (κ1) is 17.2. The SMILES string of the molecule is Cc1cc(S(=O)(=O)Nc2cccc(-c3cnco3)c2)c(C)c(C)c1C. The van der Waals surface area contributed by atoms with Crippen LogP contribution < -0.4 is 4.72 Å². The molecule has 3 aromatic rings. The summed E-state index contributed by atoms with van der Waals surface area (Å²) in [5.74, 6) is 0.583. The van der Waals surface area contributed by atoms with Crippen molar-refractivity contribution in [3.63, 3.8) is 0 Å². The van der Waals surface area contributed by atoms with Crippen molar-refractivity contribution >= 4 is 15.7 Å². The van der Waals surface area contributed by atoms with E-state index in [0.29, 0.717) is 16.3 Å². The lowest BCUT2D eigenvalue weighted by Gasteiger charge is -2.16. The number of aromatic nitrogens is 1. The largest absolute Gasteiger partial charge is 0.444 e. The molecule has 25 heavy (non-hydrogen) atoms. The summed E-state index contributed by atoms with van der Waals surface area (Å²) in [6, 6.07) is 8.76. The summed E-state index contributed by atoms with van der Waals surface area (Å²) in [6.07, 6.45) is 2.93.